The Kier molecular flexibility index (Phi) is 16.9. The van der Waals surface area contributed by atoms with E-state index in [-0.39, 0.29) is 54.3 Å². The zero-order chi connectivity index (χ0) is 25.3. The molecule has 0 radical (unpaired) electrons. The monoisotopic (exact) mass is 500 g/mol. The van der Waals surface area contributed by atoms with E-state index in [9.17, 15) is 19.5 Å². The van der Waals surface area contributed by atoms with Crippen LogP contribution in [0.2, 0.25) is 0 Å². The molecule has 0 aliphatic rings. The molecule has 1 aromatic carbocycles. The summed E-state index contributed by atoms with van der Waals surface area (Å²) >= 11 is 0. The third-order valence-electron chi connectivity index (χ3n) is 4.72. The van der Waals surface area contributed by atoms with Crippen molar-refractivity contribution < 1.29 is 54.3 Å². The number of aliphatic imine (C=N–C) groups is 2. The van der Waals surface area contributed by atoms with Gasteiger partial charge in [0.15, 0.2) is 11.9 Å². The van der Waals surface area contributed by atoms with E-state index in [2.05, 4.69) is 20.6 Å². The standard InChI is InChI=1S/C21H34N8O5.Na/c22-20(23)27-13-15-6-2-1-5-14(15)7-3-11-25-21(24)26-12-4-8-17(30)28-16(19(33)29-34)9-10-18(31)32;/h1-2,5-6,16,34H,3-4,7-13H2,(H,28,30)(H,29,33)(H,31,32)(H4,22,23,27)(H3,24,25,26);/q;+1/p-1. The van der Waals surface area contributed by atoms with E-state index in [1.807, 2.05) is 24.3 Å². The first kappa shape index (κ1) is 32.1. The van der Waals surface area contributed by atoms with Crippen LogP contribution in [0.5, 0.6) is 0 Å². The maximum atomic E-state index is 12.0. The predicted octanol–water partition coefficient (Wildman–Crippen LogP) is -5.40. The second kappa shape index (κ2) is 18.5. The summed E-state index contributed by atoms with van der Waals surface area (Å²) < 4.78 is 0. The predicted molar refractivity (Wildman–Crippen MR) is 124 cm³/mol. The van der Waals surface area contributed by atoms with Gasteiger partial charge in [0, 0.05) is 25.5 Å². The van der Waals surface area contributed by atoms with Crippen molar-refractivity contribution in [2.75, 3.05) is 13.1 Å². The molecule has 0 aliphatic carbocycles. The number of hydroxylamine groups is 1. The number of carboxylic acid groups (broad SMARTS) is 1. The fourth-order valence-corrected chi connectivity index (χ4v) is 3.00. The normalized spacial score (nSPS) is 11.5. The van der Waals surface area contributed by atoms with Gasteiger partial charge >= 0.3 is 29.6 Å². The fraction of sp³-hybridized carbons (Fsp3) is 0.476. The van der Waals surface area contributed by atoms with Crippen molar-refractivity contribution in [2.45, 2.75) is 51.1 Å². The average molecular weight is 501 g/mol. The number of aliphatic carboxylic acids is 1. The van der Waals surface area contributed by atoms with E-state index in [0.29, 0.717) is 26.1 Å². The first-order valence-corrected chi connectivity index (χ1v) is 10.8. The first-order chi connectivity index (χ1) is 16.2. The van der Waals surface area contributed by atoms with Crippen molar-refractivity contribution in [1.82, 2.24) is 16.1 Å². The molecule has 0 spiro atoms. The van der Waals surface area contributed by atoms with Crippen molar-refractivity contribution in [3.05, 3.63) is 35.4 Å². The van der Waals surface area contributed by atoms with Crippen molar-refractivity contribution in [1.29, 1.82) is 0 Å². The molecule has 13 nitrogen and oxygen atoms in total. The van der Waals surface area contributed by atoms with Gasteiger partial charge in [0.05, 0.1) is 6.54 Å². The maximum absolute atomic E-state index is 12.0. The van der Waals surface area contributed by atoms with Gasteiger partial charge in [-0.15, -0.1) is 0 Å². The SMILES string of the molecule is NC(N)=NCc1ccccc1CCCN=C(N)NCCCC(=O)NC(CCC(=O)[O-])C(=O)NO.[Na+]. The molecule has 0 saturated heterocycles. The van der Waals surface area contributed by atoms with Crippen molar-refractivity contribution in [3.8, 4) is 0 Å². The molecular formula is C21H33N8NaO5. The zero-order valence-corrected chi connectivity index (χ0v) is 22.0. The van der Waals surface area contributed by atoms with E-state index in [1.54, 1.807) is 0 Å². The quantitative estimate of drug-likeness (QED) is 0.0303. The van der Waals surface area contributed by atoms with Crippen molar-refractivity contribution in [2.24, 2.45) is 27.2 Å². The number of hydrogen-bond donors (Lipinski definition) is 7. The summed E-state index contributed by atoms with van der Waals surface area (Å²) in [5, 5.41) is 24.5. The molecule has 0 aliphatic heterocycles. The zero-order valence-electron chi connectivity index (χ0n) is 20.0. The largest absolute Gasteiger partial charge is 1.00 e. The molecule has 0 fully saturated rings. The van der Waals surface area contributed by atoms with Crippen LogP contribution < -0.4 is 68.0 Å². The van der Waals surface area contributed by atoms with Gasteiger partial charge in [-0.25, -0.2) is 10.5 Å². The number of guanidine groups is 2. The van der Waals surface area contributed by atoms with E-state index in [1.165, 1.54) is 5.48 Å². The Morgan fingerprint density at radius 2 is 1.71 bits per heavy atom. The van der Waals surface area contributed by atoms with Crippen LogP contribution in [0.15, 0.2) is 34.3 Å². The number of rotatable bonds is 15. The number of carbonyl (C=O) groups is 3. The summed E-state index contributed by atoms with van der Waals surface area (Å²) in [5.41, 5.74) is 20.2. The van der Waals surface area contributed by atoms with E-state index in [4.69, 9.17) is 22.4 Å². The molecule has 1 atom stereocenters. The Morgan fingerprint density at radius 1 is 1.03 bits per heavy atom. The number of carbonyl (C=O) groups excluding carboxylic acids is 3. The summed E-state index contributed by atoms with van der Waals surface area (Å²) in [6.45, 7) is 1.30. The number of carboxylic acids is 1. The van der Waals surface area contributed by atoms with Gasteiger partial charge in [-0.2, -0.15) is 0 Å². The van der Waals surface area contributed by atoms with Crippen LogP contribution in [-0.2, 0) is 27.3 Å². The van der Waals surface area contributed by atoms with Gasteiger partial charge in [0.25, 0.3) is 5.91 Å². The minimum absolute atomic E-state index is 0. The average Bonchev–Trinajstić information content (AvgIpc) is 2.80. The minimum atomic E-state index is -1.36. The number of nitrogens with zero attached hydrogens (tertiary/aromatic N) is 2. The second-order valence-electron chi connectivity index (χ2n) is 7.42. The van der Waals surface area contributed by atoms with Crippen LogP contribution in [0.1, 0.15) is 43.2 Å². The van der Waals surface area contributed by atoms with E-state index in [0.717, 1.165) is 24.0 Å². The molecule has 35 heavy (non-hydrogen) atoms. The molecule has 0 bridgehead atoms. The fourth-order valence-electron chi connectivity index (χ4n) is 3.00. The number of nitrogens with two attached hydrogens (primary N) is 3. The van der Waals surface area contributed by atoms with E-state index >= 15 is 0 Å². The first-order valence-electron chi connectivity index (χ1n) is 10.8. The van der Waals surface area contributed by atoms with Crippen LogP contribution in [0.25, 0.3) is 0 Å². The van der Waals surface area contributed by atoms with Gasteiger partial charge in [0.1, 0.15) is 6.04 Å². The van der Waals surface area contributed by atoms with Crippen LogP contribution in [-0.4, -0.2) is 54.0 Å². The number of hydrogen-bond acceptors (Lipinski definition) is 7. The molecule has 10 N–H and O–H groups in total. The molecule has 1 aromatic rings. The Balaban J connectivity index is 0.0000116. The summed E-state index contributed by atoms with van der Waals surface area (Å²) in [7, 11) is 0. The third-order valence-corrected chi connectivity index (χ3v) is 4.72. The van der Waals surface area contributed by atoms with E-state index < -0.39 is 30.2 Å². The molecule has 188 valence electrons. The molecular weight excluding hydrogens is 467 g/mol. The van der Waals surface area contributed by atoms with Crippen LogP contribution in [0, 0.1) is 0 Å². The summed E-state index contributed by atoms with van der Waals surface area (Å²) in [5.74, 6) is -2.44. The molecule has 0 heterocycles. The summed E-state index contributed by atoms with van der Waals surface area (Å²) in [6, 6.07) is 6.70. The summed E-state index contributed by atoms with van der Waals surface area (Å²) in [6.07, 6.45) is 1.38. The second-order valence-corrected chi connectivity index (χ2v) is 7.42. The molecule has 1 unspecified atom stereocenters. The van der Waals surface area contributed by atoms with Gasteiger partial charge in [0.2, 0.25) is 5.91 Å². The van der Waals surface area contributed by atoms with Crippen molar-refractivity contribution >= 4 is 29.7 Å². The molecule has 1 rings (SSSR count). The number of aryl methyl sites for hydroxylation is 1. The topological polar surface area (TPSA) is 233 Å². The van der Waals surface area contributed by atoms with Crippen LogP contribution in [0.3, 0.4) is 0 Å². The van der Waals surface area contributed by atoms with Crippen molar-refractivity contribution in [3.63, 3.8) is 0 Å². The molecule has 2 amide bonds. The molecule has 14 heteroatoms. The van der Waals surface area contributed by atoms with Gasteiger partial charge in [-0.1, -0.05) is 24.3 Å². The van der Waals surface area contributed by atoms with Gasteiger partial charge in [-0.3, -0.25) is 19.8 Å². The molecule has 0 saturated carbocycles. The number of benzene rings is 1. The minimum Gasteiger partial charge on any atom is -0.550 e. The molecule has 0 aromatic heterocycles. The maximum Gasteiger partial charge on any atom is 1.00 e. The number of amides is 2. The number of nitrogens with one attached hydrogen (secondary N) is 3. The Morgan fingerprint density at radius 3 is 2.34 bits per heavy atom. The van der Waals surface area contributed by atoms with Gasteiger partial charge in [-0.05, 0) is 43.2 Å². The Hall–Kier alpha value is -2.87. The third kappa shape index (κ3) is 14.9. The van der Waals surface area contributed by atoms with Crippen LogP contribution >= 0.6 is 0 Å². The summed E-state index contributed by atoms with van der Waals surface area (Å²) in [4.78, 5) is 42.3. The Bertz CT molecular complexity index is 877. The van der Waals surface area contributed by atoms with Gasteiger partial charge < -0.3 is 37.7 Å². The smallest absolute Gasteiger partial charge is 0.550 e. The Labute approximate surface area is 226 Å². The van der Waals surface area contributed by atoms with Crippen LogP contribution in [0.4, 0.5) is 0 Å².